The fourth-order valence-electron chi connectivity index (χ4n) is 2.70. The van der Waals surface area contributed by atoms with Crippen LogP contribution in [-0.4, -0.2) is 33.5 Å². The molecule has 0 aliphatic carbocycles. The molecule has 0 radical (unpaired) electrons. The number of carbonyl (C=O) groups is 1. The highest BCUT2D eigenvalue weighted by atomic mass is 16.4. The fraction of sp³-hybridized carbons (Fsp3) is 0.944. The maximum atomic E-state index is 10.4. The van der Waals surface area contributed by atoms with Gasteiger partial charge in [-0.3, -0.25) is 4.79 Å². The lowest BCUT2D eigenvalue weighted by atomic mass is 10.0. The van der Waals surface area contributed by atoms with Crippen LogP contribution in [0.25, 0.3) is 0 Å². The number of aliphatic hydroxyl groups is 2. The van der Waals surface area contributed by atoms with E-state index in [1.165, 1.54) is 38.5 Å². The molecule has 4 heteroatoms. The minimum atomic E-state index is -0.808. The van der Waals surface area contributed by atoms with E-state index in [4.69, 9.17) is 5.11 Å². The van der Waals surface area contributed by atoms with Crippen LogP contribution in [0.4, 0.5) is 0 Å². The summed E-state index contributed by atoms with van der Waals surface area (Å²) in [6.07, 6.45) is 12.4. The van der Waals surface area contributed by atoms with Crippen LogP contribution < -0.4 is 0 Å². The molecule has 0 amide bonds. The Morgan fingerprint density at radius 2 is 1.18 bits per heavy atom. The Hall–Kier alpha value is -0.610. The first-order chi connectivity index (χ1) is 10.6. The van der Waals surface area contributed by atoms with Gasteiger partial charge in [0, 0.05) is 6.42 Å². The molecule has 0 fully saturated rings. The summed E-state index contributed by atoms with van der Waals surface area (Å²) in [6.45, 7) is 2.22. The van der Waals surface area contributed by atoms with Crippen molar-refractivity contribution < 1.29 is 20.1 Å². The molecule has 0 spiro atoms. The summed E-state index contributed by atoms with van der Waals surface area (Å²) in [5.74, 6) is -0.808. The highest BCUT2D eigenvalue weighted by Gasteiger charge is 2.08. The van der Waals surface area contributed by atoms with E-state index < -0.39 is 12.1 Å². The van der Waals surface area contributed by atoms with Gasteiger partial charge in [0.25, 0.3) is 0 Å². The highest BCUT2D eigenvalue weighted by Crippen LogP contribution is 2.14. The first-order valence-electron chi connectivity index (χ1n) is 9.14. The molecule has 22 heavy (non-hydrogen) atoms. The summed E-state index contributed by atoms with van der Waals surface area (Å²) in [6, 6.07) is 0. The summed E-state index contributed by atoms with van der Waals surface area (Å²) in [5, 5.41) is 28.1. The third-order valence-electron chi connectivity index (χ3n) is 4.14. The Morgan fingerprint density at radius 3 is 1.73 bits per heavy atom. The van der Waals surface area contributed by atoms with Gasteiger partial charge in [0.2, 0.25) is 0 Å². The molecule has 0 aliphatic heterocycles. The average Bonchev–Trinajstić information content (AvgIpc) is 2.46. The molecule has 0 bridgehead atoms. The SMILES string of the molecule is CCCCCCCCCC(O)CCCC(O)CCCC(=O)O. The Labute approximate surface area is 135 Å². The van der Waals surface area contributed by atoms with Gasteiger partial charge >= 0.3 is 5.97 Å². The zero-order valence-electron chi connectivity index (χ0n) is 14.3. The summed E-state index contributed by atoms with van der Waals surface area (Å²) in [5.41, 5.74) is 0. The van der Waals surface area contributed by atoms with Crippen LogP contribution in [0.2, 0.25) is 0 Å². The van der Waals surface area contributed by atoms with Gasteiger partial charge in [-0.1, -0.05) is 51.9 Å². The molecule has 2 atom stereocenters. The standard InChI is InChI=1S/C18H36O4/c1-2-3-4-5-6-7-8-11-16(19)12-9-13-17(20)14-10-15-18(21)22/h16-17,19-20H,2-15H2,1H3,(H,21,22). The van der Waals surface area contributed by atoms with Gasteiger partial charge in [-0.15, -0.1) is 0 Å². The lowest BCUT2D eigenvalue weighted by molar-refractivity contribution is -0.137. The van der Waals surface area contributed by atoms with E-state index in [9.17, 15) is 15.0 Å². The van der Waals surface area contributed by atoms with Crippen LogP contribution in [0.5, 0.6) is 0 Å². The highest BCUT2D eigenvalue weighted by molar-refractivity contribution is 5.66. The number of rotatable bonds is 16. The number of hydrogen-bond donors (Lipinski definition) is 3. The Morgan fingerprint density at radius 1 is 0.727 bits per heavy atom. The Bertz CT molecular complexity index is 255. The number of aliphatic carboxylic acids is 1. The number of carboxylic acids is 1. The van der Waals surface area contributed by atoms with Crippen molar-refractivity contribution >= 4 is 5.97 Å². The molecule has 132 valence electrons. The summed E-state index contributed by atoms with van der Waals surface area (Å²) < 4.78 is 0. The van der Waals surface area contributed by atoms with Gasteiger partial charge in [0.05, 0.1) is 12.2 Å². The molecule has 3 N–H and O–H groups in total. The monoisotopic (exact) mass is 316 g/mol. The van der Waals surface area contributed by atoms with E-state index in [0.29, 0.717) is 19.3 Å². The molecule has 0 saturated carbocycles. The van der Waals surface area contributed by atoms with E-state index in [1.54, 1.807) is 0 Å². The average molecular weight is 316 g/mol. The minimum absolute atomic E-state index is 0.123. The quantitative estimate of drug-likeness (QED) is 0.371. The molecule has 0 heterocycles. The second-order valence-electron chi connectivity index (χ2n) is 6.43. The number of carboxylic acid groups (broad SMARTS) is 1. The Balaban J connectivity index is 3.34. The molecule has 0 aromatic rings. The Kier molecular flexibility index (Phi) is 14.9. The molecule has 0 rings (SSSR count). The predicted octanol–water partition coefficient (Wildman–Crippen LogP) is 4.27. The first-order valence-corrected chi connectivity index (χ1v) is 9.14. The second-order valence-corrected chi connectivity index (χ2v) is 6.43. The molecule has 0 aromatic carbocycles. The first kappa shape index (κ1) is 21.4. The number of unbranched alkanes of at least 4 members (excludes halogenated alkanes) is 6. The van der Waals surface area contributed by atoms with Crippen molar-refractivity contribution in [3.8, 4) is 0 Å². The molecule has 0 aromatic heterocycles. The number of aliphatic hydroxyl groups excluding tert-OH is 2. The fourth-order valence-corrected chi connectivity index (χ4v) is 2.70. The zero-order chi connectivity index (χ0) is 16.6. The van der Waals surface area contributed by atoms with Crippen LogP contribution in [0.1, 0.15) is 96.8 Å². The van der Waals surface area contributed by atoms with Crippen molar-refractivity contribution in [2.45, 2.75) is 109 Å². The van der Waals surface area contributed by atoms with E-state index >= 15 is 0 Å². The smallest absolute Gasteiger partial charge is 0.303 e. The van der Waals surface area contributed by atoms with Gasteiger partial charge in [-0.05, 0) is 38.5 Å². The van der Waals surface area contributed by atoms with Crippen molar-refractivity contribution in [1.82, 2.24) is 0 Å². The van der Waals surface area contributed by atoms with Crippen molar-refractivity contribution in [2.75, 3.05) is 0 Å². The van der Waals surface area contributed by atoms with Gasteiger partial charge in [-0.2, -0.15) is 0 Å². The zero-order valence-corrected chi connectivity index (χ0v) is 14.3. The molecule has 0 saturated heterocycles. The summed E-state index contributed by atoms with van der Waals surface area (Å²) >= 11 is 0. The third-order valence-corrected chi connectivity index (χ3v) is 4.14. The van der Waals surface area contributed by atoms with Crippen LogP contribution in [0.3, 0.4) is 0 Å². The van der Waals surface area contributed by atoms with Gasteiger partial charge in [0.15, 0.2) is 0 Å². The lowest BCUT2D eigenvalue weighted by Crippen LogP contribution is -2.11. The summed E-state index contributed by atoms with van der Waals surface area (Å²) in [7, 11) is 0. The lowest BCUT2D eigenvalue weighted by Gasteiger charge is -2.13. The largest absolute Gasteiger partial charge is 0.481 e. The topological polar surface area (TPSA) is 77.8 Å². The third kappa shape index (κ3) is 15.8. The normalized spacial score (nSPS) is 14.0. The summed E-state index contributed by atoms with van der Waals surface area (Å²) in [4.78, 5) is 10.4. The second kappa shape index (κ2) is 15.3. The van der Waals surface area contributed by atoms with Gasteiger partial charge < -0.3 is 15.3 Å². The maximum Gasteiger partial charge on any atom is 0.303 e. The van der Waals surface area contributed by atoms with E-state index in [2.05, 4.69) is 6.92 Å². The van der Waals surface area contributed by atoms with Gasteiger partial charge in [0.1, 0.15) is 0 Å². The van der Waals surface area contributed by atoms with Crippen LogP contribution >= 0.6 is 0 Å². The molecular formula is C18H36O4. The van der Waals surface area contributed by atoms with Crippen molar-refractivity contribution in [3.05, 3.63) is 0 Å². The predicted molar refractivity (Wildman–Crippen MR) is 90.0 cm³/mol. The van der Waals surface area contributed by atoms with E-state index in [0.717, 1.165) is 25.7 Å². The van der Waals surface area contributed by atoms with Crippen molar-refractivity contribution in [2.24, 2.45) is 0 Å². The van der Waals surface area contributed by atoms with Crippen LogP contribution in [0.15, 0.2) is 0 Å². The molecular weight excluding hydrogens is 280 g/mol. The minimum Gasteiger partial charge on any atom is -0.481 e. The van der Waals surface area contributed by atoms with E-state index in [1.807, 2.05) is 0 Å². The maximum absolute atomic E-state index is 10.4. The van der Waals surface area contributed by atoms with Gasteiger partial charge in [-0.25, -0.2) is 0 Å². The van der Waals surface area contributed by atoms with Crippen molar-refractivity contribution in [1.29, 1.82) is 0 Å². The molecule has 2 unspecified atom stereocenters. The van der Waals surface area contributed by atoms with Crippen LogP contribution in [0, 0.1) is 0 Å². The van der Waals surface area contributed by atoms with E-state index in [-0.39, 0.29) is 12.5 Å². The van der Waals surface area contributed by atoms with Crippen LogP contribution in [-0.2, 0) is 4.79 Å². The van der Waals surface area contributed by atoms with Crippen molar-refractivity contribution in [3.63, 3.8) is 0 Å². The molecule has 0 aliphatic rings. The number of hydrogen-bond acceptors (Lipinski definition) is 3. The molecule has 4 nitrogen and oxygen atoms in total.